The highest BCUT2D eigenvalue weighted by Crippen LogP contribution is 2.30. The predicted molar refractivity (Wildman–Crippen MR) is 60.0 cm³/mol. The third-order valence-corrected chi connectivity index (χ3v) is 4.43. The Morgan fingerprint density at radius 2 is 2.27 bits per heavy atom. The molecule has 0 amide bonds. The van der Waals surface area contributed by atoms with E-state index in [2.05, 4.69) is 5.32 Å². The van der Waals surface area contributed by atoms with Crippen molar-refractivity contribution in [1.82, 2.24) is 0 Å². The standard InChI is InChI=1S/C9H11ClN2O2S/c10-6-1-2-8-9(3-6)15(13,14)5-7(4-11)12-8/h1-3,7,12H,4-5,11H2. The van der Waals surface area contributed by atoms with Gasteiger partial charge in [-0.05, 0) is 18.2 Å². The molecule has 1 unspecified atom stereocenters. The number of benzene rings is 1. The van der Waals surface area contributed by atoms with Gasteiger partial charge in [0.25, 0.3) is 0 Å². The second-order valence-corrected chi connectivity index (χ2v) is 5.94. The molecular weight excluding hydrogens is 236 g/mol. The summed E-state index contributed by atoms with van der Waals surface area (Å²) in [5.74, 6) is 0.0246. The zero-order chi connectivity index (χ0) is 11.1. The second kappa shape index (κ2) is 3.66. The van der Waals surface area contributed by atoms with E-state index < -0.39 is 9.84 Å². The van der Waals surface area contributed by atoms with Crippen molar-refractivity contribution in [2.75, 3.05) is 17.6 Å². The Hall–Kier alpha value is -0.780. The average Bonchev–Trinajstić information content (AvgIpc) is 2.18. The normalized spacial score (nSPS) is 22.9. The molecule has 0 bridgehead atoms. The Morgan fingerprint density at radius 1 is 1.53 bits per heavy atom. The predicted octanol–water partition coefficient (Wildman–Crippen LogP) is 0.866. The Labute approximate surface area is 93.3 Å². The molecule has 3 N–H and O–H groups in total. The second-order valence-electron chi connectivity index (χ2n) is 3.50. The summed E-state index contributed by atoms with van der Waals surface area (Å²) in [4.78, 5) is 0.264. The highest BCUT2D eigenvalue weighted by atomic mass is 35.5. The van der Waals surface area contributed by atoms with E-state index in [1.165, 1.54) is 6.07 Å². The molecule has 4 nitrogen and oxygen atoms in total. The number of hydrogen-bond acceptors (Lipinski definition) is 4. The summed E-state index contributed by atoms with van der Waals surface area (Å²) < 4.78 is 23.7. The van der Waals surface area contributed by atoms with Crippen molar-refractivity contribution in [2.45, 2.75) is 10.9 Å². The maximum absolute atomic E-state index is 11.8. The number of halogens is 1. The fraction of sp³-hybridized carbons (Fsp3) is 0.333. The summed E-state index contributed by atoms with van der Waals surface area (Å²) in [7, 11) is -3.25. The van der Waals surface area contributed by atoms with Gasteiger partial charge >= 0.3 is 0 Å². The van der Waals surface area contributed by atoms with Crippen LogP contribution in [0.5, 0.6) is 0 Å². The number of fused-ring (bicyclic) bond motifs is 1. The maximum atomic E-state index is 11.8. The van der Waals surface area contributed by atoms with Crippen molar-refractivity contribution in [3.05, 3.63) is 23.2 Å². The highest BCUT2D eigenvalue weighted by molar-refractivity contribution is 7.91. The number of sulfone groups is 1. The van der Waals surface area contributed by atoms with Crippen LogP contribution in [0, 0.1) is 0 Å². The van der Waals surface area contributed by atoms with E-state index in [4.69, 9.17) is 17.3 Å². The first-order chi connectivity index (χ1) is 7.03. The van der Waals surface area contributed by atoms with Gasteiger partial charge in [0, 0.05) is 11.6 Å². The van der Waals surface area contributed by atoms with Gasteiger partial charge in [0.05, 0.1) is 22.4 Å². The number of hydrogen-bond donors (Lipinski definition) is 2. The zero-order valence-electron chi connectivity index (χ0n) is 7.90. The largest absolute Gasteiger partial charge is 0.379 e. The van der Waals surface area contributed by atoms with Crippen LogP contribution in [0.15, 0.2) is 23.1 Å². The Morgan fingerprint density at radius 3 is 2.93 bits per heavy atom. The molecule has 1 heterocycles. The number of nitrogens with one attached hydrogen (secondary N) is 1. The van der Waals surface area contributed by atoms with Crippen LogP contribution in [0.4, 0.5) is 5.69 Å². The van der Waals surface area contributed by atoms with Gasteiger partial charge in [-0.3, -0.25) is 0 Å². The molecule has 1 aromatic rings. The van der Waals surface area contributed by atoms with Crippen LogP contribution in [0.2, 0.25) is 5.02 Å². The Bertz CT molecular complexity index is 487. The van der Waals surface area contributed by atoms with Crippen molar-refractivity contribution in [1.29, 1.82) is 0 Å². The smallest absolute Gasteiger partial charge is 0.182 e. The van der Waals surface area contributed by atoms with Crippen molar-refractivity contribution < 1.29 is 8.42 Å². The van der Waals surface area contributed by atoms with Gasteiger partial charge in [0.2, 0.25) is 0 Å². The Kier molecular flexibility index (Phi) is 2.62. The fourth-order valence-corrected chi connectivity index (χ4v) is 3.55. The first kappa shape index (κ1) is 10.7. The monoisotopic (exact) mass is 246 g/mol. The van der Waals surface area contributed by atoms with Crippen LogP contribution in [0.25, 0.3) is 0 Å². The van der Waals surface area contributed by atoms with Crippen LogP contribution in [-0.2, 0) is 9.84 Å². The van der Waals surface area contributed by atoms with E-state index in [1.807, 2.05) is 0 Å². The minimum absolute atomic E-state index is 0.0246. The van der Waals surface area contributed by atoms with Crippen LogP contribution in [-0.4, -0.2) is 26.8 Å². The lowest BCUT2D eigenvalue weighted by Gasteiger charge is -2.25. The summed E-state index contributed by atoms with van der Waals surface area (Å²) in [6.07, 6.45) is 0. The van der Waals surface area contributed by atoms with Crippen LogP contribution < -0.4 is 11.1 Å². The molecule has 6 heteroatoms. The third-order valence-electron chi connectivity index (χ3n) is 2.34. The molecule has 1 atom stereocenters. The molecule has 0 fully saturated rings. The first-order valence-corrected chi connectivity index (χ1v) is 6.55. The lowest BCUT2D eigenvalue weighted by atomic mass is 10.2. The molecule has 1 aromatic carbocycles. The molecule has 82 valence electrons. The Balaban J connectivity index is 2.55. The number of rotatable bonds is 1. The van der Waals surface area contributed by atoms with E-state index in [0.29, 0.717) is 17.3 Å². The van der Waals surface area contributed by atoms with Crippen molar-refractivity contribution in [3.8, 4) is 0 Å². The quantitative estimate of drug-likeness (QED) is 0.771. The molecule has 0 saturated heterocycles. The van der Waals surface area contributed by atoms with Gasteiger partial charge in [0.15, 0.2) is 9.84 Å². The highest BCUT2D eigenvalue weighted by Gasteiger charge is 2.29. The molecule has 0 spiro atoms. The lowest BCUT2D eigenvalue weighted by Crippen LogP contribution is -2.39. The molecule has 1 aliphatic heterocycles. The topological polar surface area (TPSA) is 72.2 Å². The number of nitrogens with two attached hydrogens (primary N) is 1. The summed E-state index contributed by atoms with van der Waals surface area (Å²) in [6.45, 7) is 0.293. The maximum Gasteiger partial charge on any atom is 0.182 e. The van der Waals surface area contributed by atoms with Gasteiger partial charge in [-0.2, -0.15) is 0 Å². The zero-order valence-corrected chi connectivity index (χ0v) is 9.48. The average molecular weight is 247 g/mol. The molecule has 0 aliphatic carbocycles. The summed E-state index contributed by atoms with van der Waals surface area (Å²) in [6, 6.07) is 4.56. The van der Waals surface area contributed by atoms with Crippen molar-refractivity contribution in [2.24, 2.45) is 5.73 Å². The van der Waals surface area contributed by atoms with Crippen LogP contribution in [0.1, 0.15) is 0 Å². The SMILES string of the molecule is NCC1CS(=O)(=O)c2cc(Cl)ccc2N1. The van der Waals surface area contributed by atoms with Crippen LogP contribution >= 0.6 is 11.6 Å². The molecular formula is C9H11ClN2O2S. The molecule has 0 saturated carbocycles. The minimum Gasteiger partial charge on any atom is -0.379 e. The van der Waals surface area contributed by atoms with E-state index in [-0.39, 0.29) is 16.7 Å². The van der Waals surface area contributed by atoms with E-state index in [1.54, 1.807) is 12.1 Å². The molecule has 2 rings (SSSR count). The van der Waals surface area contributed by atoms with Crippen molar-refractivity contribution >= 4 is 27.1 Å². The third kappa shape index (κ3) is 1.95. The van der Waals surface area contributed by atoms with Crippen LogP contribution in [0.3, 0.4) is 0 Å². The summed E-state index contributed by atoms with van der Waals surface area (Å²) in [5, 5.41) is 3.49. The molecule has 0 radical (unpaired) electrons. The van der Waals surface area contributed by atoms with E-state index in [9.17, 15) is 8.42 Å². The van der Waals surface area contributed by atoms with Gasteiger partial charge in [-0.15, -0.1) is 0 Å². The summed E-state index contributed by atoms with van der Waals surface area (Å²) in [5.41, 5.74) is 6.04. The minimum atomic E-state index is -3.25. The van der Waals surface area contributed by atoms with Gasteiger partial charge in [0.1, 0.15) is 0 Å². The van der Waals surface area contributed by atoms with E-state index in [0.717, 1.165) is 0 Å². The lowest BCUT2D eigenvalue weighted by molar-refractivity contribution is 0.586. The van der Waals surface area contributed by atoms with Gasteiger partial charge in [-0.1, -0.05) is 11.6 Å². The molecule has 0 aromatic heterocycles. The number of anilines is 1. The fourth-order valence-electron chi connectivity index (χ4n) is 1.62. The van der Waals surface area contributed by atoms with Crippen molar-refractivity contribution in [3.63, 3.8) is 0 Å². The van der Waals surface area contributed by atoms with Gasteiger partial charge in [-0.25, -0.2) is 8.42 Å². The molecule has 15 heavy (non-hydrogen) atoms. The summed E-state index contributed by atoms with van der Waals surface area (Å²) >= 11 is 5.76. The van der Waals surface area contributed by atoms with Gasteiger partial charge < -0.3 is 11.1 Å². The first-order valence-electron chi connectivity index (χ1n) is 4.52. The molecule has 1 aliphatic rings. The van der Waals surface area contributed by atoms with E-state index >= 15 is 0 Å².